The van der Waals surface area contributed by atoms with Crippen molar-refractivity contribution in [3.63, 3.8) is 0 Å². The van der Waals surface area contributed by atoms with Crippen LogP contribution in [0, 0.1) is 20.8 Å². The van der Waals surface area contributed by atoms with Crippen molar-refractivity contribution in [1.82, 2.24) is 9.78 Å². The van der Waals surface area contributed by atoms with Gasteiger partial charge in [-0.05, 0) is 51.5 Å². The number of ether oxygens (including phenoxy) is 1. The molecule has 1 amide bonds. The molecule has 0 spiro atoms. The number of hydrogen-bond donors (Lipinski definition) is 1. The molecule has 0 unspecified atom stereocenters. The summed E-state index contributed by atoms with van der Waals surface area (Å²) in [5.74, 6) is -1.02. The molecule has 0 aliphatic rings. The van der Waals surface area contributed by atoms with E-state index in [0.717, 1.165) is 22.5 Å². The van der Waals surface area contributed by atoms with E-state index in [1.807, 2.05) is 27.8 Å². The summed E-state index contributed by atoms with van der Waals surface area (Å²) in [5.41, 5.74) is 4.06. The fourth-order valence-electron chi connectivity index (χ4n) is 2.41. The Labute approximate surface area is 157 Å². The molecule has 0 radical (unpaired) electrons. The van der Waals surface area contributed by atoms with Gasteiger partial charge in [-0.25, -0.2) is 4.79 Å². The Morgan fingerprint density at radius 2 is 2.00 bits per heavy atom. The zero-order valence-electron chi connectivity index (χ0n) is 15.5. The Kier molecular flexibility index (Phi) is 6.21. The third-order valence-electron chi connectivity index (χ3n) is 4.07. The average molecular weight is 376 g/mol. The first-order valence-electron chi connectivity index (χ1n) is 8.15. The maximum absolute atomic E-state index is 12.2. The van der Waals surface area contributed by atoms with Gasteiger partial charge in [0.15, 0.2) is 6.10 Å². The predicted molar refractivity (Wildman–Crippen MR) is 102 cm³/mol. The van der Waals surface area contributed by atoms with E-state index in [1.165, 1.54) is 13.0 Å². The summed E-state index contributed by atoms with van der Waals surface area (Å²) in [5, 5.41) is 7.51. The Balaban J connectivity index is 1.98. The molecule has 2 aromatic rings. The van der Waals surface area contributed by atoms with Crippen molar-refractivity contribution < 1.29 is 14.3 Å². The summed E-state index contributed by atoms with van der Waals surface area (Å²) in [6.07, 6.45) is 2.00. The molecule has 0 bridgehead atoms. The number of esters is 1. The summed E-state index contributed by atoms with van der Waals surface area (Å²) in [6.45, 7) is 7.14. The van der Waals surface area contributed by atoms with Gasteiger partial charge in [-0.15, -0.1) is 0 Å². The molecule has 1 aromatic carbocycles. The van der Waals surface area contributed by atoms with Crippen LogP contribution in [-0.4, -0.2) is 27.8 Å². The van der Waals surface area contributed by atoms with E-state index in [4.69, 9.17) is 16.3 Å². The first-order valence-corrected chi connectivity index (χ1v) is 8.52. The Hall–Kier alpha value is -2.60. The molecule has 0 fully saturated rings. The molecule has 138 valence electrons. The van der Waals surface area contributed by atoms with Crippen molar-refractivity contribution in [2.75, 3.05) is 5.32 Å². The number of halogens is 1. The highest BCUT2D eigenvalue weighted by atomic mass is 35.5. The number of hydrogen-bond acceptors (Lipinski definition) is 4. The first kappa shape index (κ1) is 19.7. The summed E-state index contributed by atoms with van der Waals surface area (Å²) in [4.78, 5) is 24.2. The van der Waals surface area contributed by atoms with Crippen LogP contribution in [0.3, 0.4) is 0 Å². The van der Waals surface area contributed by atoms with Gasteiger partial charge in [0.25, 0.3) is 5.91 Å². The number of anilines is 1. The van der Waals surface area contributed by atoms with E-state index >= 15 is 0 Å². The van der Waals surface area contributed by atoms with E-state index in [0.29, 0.717) is 10.7 Å². The molecule has 0 saturated carbocycles. The SMILES string of the molecule is Cc1ccc(Cl)cc1NC(=O)[C@@H](C)OC(=O)/C=C/c1c(C)nn(C)c1C. The zero-order chi connectivity index (χ0) is 19.4. The van der Waals surface area contributed by atoms with Crippen molar-refractivity contribution in [1.29, 1.82) is 0 Å². The Bertz CT molecular complexity index is 871. The molecule has 0 saturated heterocycles. The first-order chi connectivity index (χ1) is 12.2. The fraction of sp³-hybridized carbons (Fsp3) is 0.316. The third kappa shape index (κ3) is 4.73. The number of rotatable bonds is 5. The van der Waals surface area contributed by atoms with Crippen molar-refractivity contribution in [3.05, 3.63) is 51.8 Å². The minimum atomic E-state index is -0.943. The molecule has 1 heterocycles. The van der Waals surface area contributed by atoms with Crippen LogP contribution in [0.4, 0.5) is 5.69 Å². The third-order valence-corrected chi connectivity index (χ3v) is 4.31. The van der Waals surface area contributed by atoms with Crippen LogP contribution in [0.2, 0.25) is 5.02 Å². The Morgan fingerprint density at radius 1 is 1.31 bits per heavy atom. The maximum atomic E-state index is 12.2. The number of amides is 1. The van der Waals surface area contributed by atoms with E-state index in [2.05, 4.69) is 10.4 Å². The molecule has 0 aliphatic heterocycles. The molecular formula is C19H22ClN3O3. The largest absolute Gasteiger partial charge is 0.449 e. The lowest BCUT2D eigenvalue weighted by Crippen LogP contribution is -2.29. The van der Waals surface area contributed by atoms with Crippen LogP contribution in [0.25, 0.3) is 6.08 Å². The highest BCUT2D eigenvalue weighted by Gasteiger charge is 2.18. The van der Waals surface area contributed by atoms with Crippen molar-refractivity contribution in [2.45, 2.75) is 33.8 Å². The second-order valence-electron chi connectivity index (χ2n) is 6.07. The minimum absolute atomic E-state index is 0.425. The second kappa shape index (κ2) is 8.19. The van der Waals surface area contributed by atoms with Gasteiger partial charge in [-0.2, -0.15) is 5.10 Å². The molecule has 1 aromatic heterocycles. The standard InChI is InChI=1S/C19H22ClN3O3/c1-11-6-7-15(20)10-17(11)21-19(25)14(4)26-18(24)9-8-16-12(2)22-23(5)13(16)3/h6-10,14H,1-5H3,(H,21,25)/b9-8+/t14-/m1/s1. The van der Waals surface area contributed by atoms with Gasteiger partial charge in [0, 0.05) is 35.1 Å². The number of carbonyl (C=O) groups is 2. The molecule has 1 atom stereocenters. The second-order valence-corrected chi connectivity index (χ2v) is 6.51. The van der Waals surface area contributed by atoms with Crippen LogP contribution in [0.5, 0.6) is 0 Å². The fourth-order valence-corrected chi connectivity index (χ4v) is 2.58. The van der Waals surface area contributed by atoms with Crippen LogP contribution in [-0.2, 0) is 21.4 Å². The van der Waals surface area contributed by atoms with Gasteiger partial charge in [0.2, 0.25) is 0 Å². The lowest BCUT2D eigenvalue weighted by Gasteiger charge is -2.14. The predicted octanol–water partition coefficient (Wildman–Crippen LogP) is 3.58. The summed E-state index contributed by atoms with van der Waals surface area (Å²) < 4.78 is 6.90. The van der Waals surface area contributed by atoms with Gasteiger partial charge < -0.3 is 10.1 Å². The van der Waals surface area contributed by atoms with Gasteiger partial charge in [0.1, 0.15) is 0 Å². The smallest absolute Gasteiger partial charge is 0.331 e. The normalized spacial score (nSPS) is 12.2. The summed E-state index contributed by atoms with van der Waals surface area (Å²) in [7, 11) is 1.84. The molecule has 26 heavy (non-hydrogen) atoms. The van der Waals surface area contributed by atoms with Crippen molar-refractivity contribution in [2.24, 2.45) is 7.05 Å². The number of carbonyl (C=O) groups excluding carboxylic acids is 2. The lowest BCUT2D eigenvalue weighted by atomic mass is 10.2. The number of aromatic nitrogens is 2. The lowest BCUT2D eigenvalue weighted by molar-refractivity contribution is -0.148. The highest BCUT2D eigenvalue weighted by molar-refractivity contribution is 6.31. The Morgan fingerprint density at radius 3 is 2.62 bits per heavy atom. The molecule has 1 N–H and O–H groups in total. The number of aryl methyl sites for hydroxylation is 3. The summed E-state index contributed by atoms with van der Waals surface area (Å²) in [6, 6.07) is 5.19. The van der Waals surface area contributed by atoms with E-state index < -0.39 is 18.0 Å². The van der Waals surface area contributed by atoms with Crippen LogP contribution >= 0.6 is 11.6 Å². The molecular weight excluding hydrogens is 354 g/mol. The number of benzene rings is 1. The highest BCUT2D eigenvalue weighted by Crippen LogP contribution is 2.20. The average Bonchev–Trinajstić information content (AvgIpc) is 2.81. The molecule has 2 rings (SSSR count). The van der Waals surface area contributed by atoms with Crippen molar-refractivity contribution in [3.8, 4) is 0 Å². The van der Waals surface area contributed by atoms with Crippen LogP contribution in [0.15, 0.2) is 24.3 Å². The zero-order valence-corrected chi connectivity index (χ0v) is 16.2. The number of nitrogens with one attached hydrogen (secondary N) is 1. The van der Waals surface area contributed by atoms with Crippen LogP contribution < -0.4 is 5.32 Å². The van der Waals surface area contributed by atoms with Crippen molar-refractivity contribution >= 4 is 35.2 Å². The minimum Gasteiger partial charge on any atom is -0.449 e. The molecule has 6 nitrogen and oxygen atoms in total. The van der Waals surface area contributed by atoms with Gasteiger partial charge in [0.05, 0.1) is 5.69 Å². The van der Waals surface area contributed by atoms with Gasteiger partial charge >= 0.3 is 5.97 Å². The summed E-state index contributed by atoms with van der Waals surface area (Å²) >= 11 is 5.94. The molecule has 0 aliphatic carbocycles. The van der Waals surface area contributed by atoms with E-state index in [-0.39, 0.29) is 0 Å². The van der Waals surface area contributed by atoms with Gasteiger partial charge in [-0.1, -0.05) is 17.7 Å². The monoisotopic (exact) mass is 375 g/mol. The van der Waals surface area contributed by atoms with Crippen LogP contribution in [0.1, 0.15) is 29.4 Å². The molecule has 7 heteroatoms. The number of nitrogens with zero attached hydrogens (tertiary/aromatic N) is 2. The van der Waals surface area contributed by atoms with E-state index in [9.17, 15) is 9.59 Å². The quantitative estimate of drug-likeness (QED) is 0.640. The van der Waals surface area contributed by atoms with E-state index in [1.54, 1.807) is 29.0 Å². The maximum Gasteiger partial charge on any atom is 0.331 e. The topological polar surface area (TPSA) is 73.2 Å². The van der Waals surface area contributed by atoms with Gasteiger partial charge in [-0.3, -0.25) is 9.48 Å².